The van der Waals surface area contributed by atoms with Gasteiger partial charge in [-0.15, -0.1) is 0 Å². The highest BCUT2D eigenvalue weighted by Crippen LogP contribution is 2.02. The fourth-order valence-electron chi connectivity index (χ4n) is 1.61. The van der Waals surface area contributed by atoms with Gasteiger partial charge in [-0.25, -0.2) is 0 Å². The standard InChI is InChI=1S/C12H28N2/c1-4-6-10-14(5-2)11-8-7-9-12(3)13/h12H,4-11,13H2,1-3H3. The molecule has 0 rings (SSSR count). The van der Waals surface area contributed by atoms with Gasteiger partial charge in [-0.05, 0) is 45.8 Å². The van der Waals surface area contributed by atoms with Crippen LogP contribution in [0.5, 0.6) is 0 Å². The fourth-order valence-corrected chi connectivity index (χ4v) is 1.61. The van der Waals surface area contributed by atoms with Crippen molar-refractivity contribution in [2.75, 3.05) is 19.6 Å². The lowest BCUT2D eigenvalue weighted by atomic mass is 10.1. The molecule has 0 aromatic carbocycles. The van der Waals surface area contributed by atoms with Crippen molar-refractivity contribution in [3.8, 4) is 0 Å². The van der Waals surface area contributed by atoms with Gasteiger partial charge in [0.15, 0.2) is 0 Å². The molecule has 1 atom stereocenters. The summed E-state index contributed by atoms with van der Waals surface area (Å²) in [5, 5.41) is 0. The van der Waals surface area contributed by atoms with E-state index in [0.717, 1.165) is 0 Å². The van der Waals surface area contributed by atoms with Gasteiger partial charge in [0.1, 0.15) is 0 Å². The minimum absolute atomic E-state index is 0.376. The summed E-state index contributed by atoms with van der Waals surface area (Å²) in [6, 6.07) is 0.376. The second-order valence-electron chi connectivity index (χ2n) is 4.26. The van der Waals surface area contributed by atoms with Gasteiger partial charge in [-0.1, -0.05) is 26.7 Å². The van der Waals surface area contributed by atoms with Crippen LogP contribution in [0.15, 0.2) is 0 Å². The summed E-state index contributed by atoms with van der Waals surface area (Å²) in [7, 11) is 0. The second kappa shape index (κ2) is 9.47. The van der Waals surface area contributed by atoms with E-state index in [9.17, 15) is 0 Å². The predicted molar refractivity (Wildman–Crippen MR) is 64.5 cm³/mol. The van der Waals surface area contributed by atoms with Crippen molar-refractivity contribution < 1.29 is 0 Å². The molecule has 0 aromatic rings. The van der Waals surface area contributed by atoms with E-state index in [1.807, 2.05) is 0 Å². The highest BCUT2D eigenvalue weighted by atomic mass is 15.1. The van der Waals surface area contributed by atoms with Crippen molar-refractivity contribution in [1.29, 1.82) is 0 Å². The van der Waals surface area contributed by atoms with Crippen LogP contribution >= 0.6 is 0 Å². The van der Waals surface area contributed by atoms with Crippen LogP contribution in [0.3, 0.4) is 0 Å². The highest BCUT2D eigenvalue weighted by Gasteiger charge is 2.01. The van der Waals surface area contributed by atoms with E-state index in [0.29, 0.717) is 6.04 Å². The Morgan fingerprint density at radius 1 is 1.07 bits per heavy atom. The SMILES string of the molecule is CCCCN(CC)CCCCC(C)N. The highest BCUT2D eigenvalue weighted by molar-refractivity contribution is 4.58. The van der Waals surface area contributed by atoms with Gasteiger partial charge in [0.25, 0.3) is 0 Å². The number of nitrogens with zero attached hydrogens (tertiary/aromatic N) is 1. The van der Waals surface area contributed by atoms with Gasteiger partial charge < -0.3 is 10.6 Å². The van der Waals surface area contributed by atoms with Crippen LogP contribution < -0.4 is 5.73 Å². The Kier molecular flexibility index (Phi) is 9.42. The third kappa shape index (κ3) is 8.52. The van der Waals surface area contributed by atoms with Crippen LogP contribution in [-0.2, 0) is 0 Å². The van der Waals surface area contributed by atoms with E-state index >= 15 is 0 Å². The first kappa shape index (κ1) is 13.9. The zero-order valence-electron chi connectivity index (χ0n) is 10.3. The Morgan fingerprint density at radius 3 is 2.21 bits per heavy atom. The second-order valence-corrected chi connectivity index (χ2v) is 4.26. The third-order valence-electron chi connectivity index (χ3n) is 2.66. The number of hydrogen-bond acceptors (Lipinski definition) is 2. The molecule has 2 nitrogen and oxygen atoms in total. The van der Waals surface area contributed by atoms with Crippen molar-refractivity contribution in [2.45, 2.75) is 58.9 Å². The first-order valence-corrected chi connectivity index (χ1v) is 6.18. The minimum atomic E-state index is 0.376. The summed E-state index contributed by atoms with van der Waals surface area (Å²) < 4.78 is 0. The van der Waals surface area contributed by atoms with Crippen LogP contribution in [-0.4, -0.2) is 30.6 Å². The van der Waals surface area contributed by atoms with Crippen molar-refractivity contribution >= 4 is 0 Å². The quantitative estimate of drug-likeness (QED) is 0.580. The van der Waals surface area contributed by atoms with Gasteiger partial charge >= 0.3 is 0 Å². The molecule has 0 aliphatic carbocycles. The average molecular weight is 200 g/mol. The lowest BCUT2D eigenvalue weighted by molar-refractivity contribution is 0.275. The first-order valence-electron chi connectivity index (χ1n) is 6.18. The normalized spacial score (nSPS) is 13.5. The summed E-state index contributed by atoms with van der Waals surface area (Å²) in [4.78, 5) is 2.55. The summed E-state index contributed by atoms with van der Waals surface area (Å²) in [6.45, 7) is 10.3. The Morgan fingerprint density at radius 2 is 1.71 bits per heavy atom. The van der Waals surface area contributed by atoms with Gasteiger partial charge in [-0.3, -0.25) is 0 Å². The smallest absolute Gasteiger partial charge is 0.00104 e. The van der Waals surface area contributed by atoms with E-state index < -0.39 is 0 Å². The molecule has 2 N–H and O–H groups in total. The average Bonchev–Trinajstić information content (AvgIpc) is 2.16. The fraction of sp³-hybridized carbons (Fsp3) is 1.00. The molecule has 0 aromatic heterocycles. The topological polar surface area (TPSA) is 29.3 Å². The maximum Gasteiger partial charge on any atom is 0.00104 e. The van der Waals surface area contributed by atoms with Gasteiger partial charge in [0, 0.05) is 6.04 Å². The first-order chi connectivity index (χ1) is 6.70. The Hall–Kier alpha value is -0.0800. The Balaban J connectivity index is 3.33. The lowest BCUT2D eigenvalue weighted by Crippen LogP contribution is -2.26. The van der Waals surface area contributed by atoms with Crippen molar-refractivity contribution in [3.05, 3.63) is 0 Å². The molecule has 0 saturated carbocycles. The molecule has 14 heavy (non-hydrogen) atoms. The zero-order chi connectivity index (χ0) is 10.8. The maximum absolute atomic E-state index is 5.71. The zero-order valence-corrected chi connectivity index (χ0v) is 10.3. The van der Waals surface area contributed by atoms with Crippen LogP contribution in [0.25, 0.3) is 0 Å². The molecule has 0 saturated heterocycles. The molecule has 0 aliphatic heterocycles. The van der Waals surface area contributed by atoms with Crippen molar-refractivity contribution in [3.63, 3.8) is 0 Å². The van der Waals surface area contributed by atoms with E-state index in [-0.39, 0.29) is 0 Å². The van der Waals surface area contributed by atoms with Crippen LogP contribution in [0, 0.1) is 0 Å². The van der Waals surface area contributed by atoms with Crippen LogP contribution in [0.4, 0.5) is 0 Å². The monoisotopic (exact) mass is 200 g/mol. The van der Waals surface area contributed by atoms with Gasteiger partial charge in [-0.2, -0.15) is 0 Å². The molecular formula is C12H28N2. The Bertz CT molecular complexity index is 113. The molecule has 0 radical (unpaired) electrons. The summed E-state index contributed by atoms with van der Waals surface area (Å²) in [5.74, 6) is 0. The van der Waals surface area contributed by atoms with Crippen molar-refractivity contribution in [2.24, 2.45) is 5.73 Å². The molecule has 0 bridgehead atoms. The van der Waals surface area contributed by atoms with Gasteiger partial charge in [0.05, 0.1) is 0 Å². The van der Waals surface area contributed by atoms with E-state index in [2.05, 4.69) is 25.7 Å². The third-order valence-corrected chi connectivity index (χ3v) is 2.66. The van der Waals surface area contributed by atoms with E-state index in [4.69, 9.17) is 5.73 Å². The molecule has 2 heteroatoms. The number of hydrogen-bond donors (Lipinski definition) is 1. The lowest BCUT2D eigenvalue weighted by Gasteiger charge is -2.19. The molecular weight excluding hydrogens is 172 g/mol. The largest absolute Gasteiger partial charge is 0.328 e. The summed E-state index contributed by atoms with van der Waals surface area (Å²) >= 11 is 0. The predicted octanol–water partition coefficient (Wildman–Crippen LogP) is 2.63. The van der Waals surface area contributed by atoms with Crippen LogP contribution in [0.2, 0.25) is 0 Å². The van der Waals surface area contributed by atoms with Crippen molar-refractivity contribution in [1.82, 2.24) is 4.90 Å². The van der Waals surface area contributed by atoms with Gasteiger partial charge in [0.2, 0.25) is 0 Å². The molecule has 0 heterocycles. The van der Waals surface area contributed by atoms with Crippen LogP contribution in [0.1, 0.15) is 52.9 Å². The molecule has 0 fully saturated rings. The minimum Gasteiger partial charge on any atom is -0.328 e. The van der Waals surface area contributed by atoms with E-state index in [1.165, 1.54) is 51.7 Å². The number of nitrogens with two attached hydrogens (primary N) is 1. The molecule has 1 unspecified atom stereocenters. The summed E-state index contributed by atoms with van der Waals surface area (Å²) in [6.07, 6.45) is 6.39. The van der Waals surface area contributed by atoms with E-state index in [1.54, 1.807) is 0 Å². The number of rotatable bonds is 9. The maximum atomic E-state index is 5.71. The molecule has 0 spiro atoms. The number of unbranched alkanes of at least 4 members (excludes halogenated alkanes) is 2. The Labute approximate surface area is 89.9 Å². The summed E-state index contributed by atoms with van der Waals surface area (Å²) in [5.41, 5.74) is 5.71. The molecule has 0 amide bonds. The molecule has 0 aliphatic rings. The molecule has 86 valence electrons.